The van der Waals surface area contributed by atoms with Gasteiger partial charge in [-0.05, 0) is 50.3 Å². The summed E-state index contributed by atoms with van der Waals surface area (Å²) in [6.07, 6.45) is 5.79. The first-order valence-electron chi connectivity index (χ1n) is 8.31. The summed E-state index contributed by atoms with van der Waals surface area (Å²) in [6.45, 7) is 5.64. The number of carbonyl (C=O) groups excluding carboxylic acids is 1. The highest BCUT2D eigenvalue weighted by Gasteiger charge is 2.20. The van der Waals surface area contributed by atoms with E-state index in [4.69, 9.17) is 0 Å². The first-order valence-corrected chi connectivity index (χ1v) is 8.31. The third-order valence-electron chi connectivity index (χ3n) is 4.29. The van der Waals surface area contributed by atoms with Gasteiger partial charge in [0, 0.05) is 6.54 Å². The third-order valence-corrected chi connectivity index (χ3v) is 4.29. The minimum absolute atomic E-state index is 0.185. The van der Waals surface area contributed by atoms with Crippen LogP contribution >= 0.6 is 0 Å². The fourth-order valence-corrected chi connectivity index (χ4v) is 2.96. The summed E-state index contributed by atoms with van der Waals surface area (Å²) in [5, 5.41) is 3.00. The minimum Gasteiger partial charge on any atom is -0.355 e. The molecule has 1 aromatic carbocycles. The third kappa shape index (κ3) is 5.88. The number of piperidine rings is 1. The summed E-state index contributed by atoms with van der Waals surface area (Å²) in [6, 6.07) is 10.7. The van der Waals surface area contributed by atoms with Crippen LogP contribution in [0.5, 0.6) is 0 Å². The lowest BCUT2D eigenvalue weighted by Gasteiger charge is -2.31. The van der Waals surface area contributed by atoms with Crippen molar-refractivity contribution >= 4 is 5.91 Å². The fourth-order valence-electron chi connectivity index (χ4n) is 2.96. The number of nitrogens with zero attached hydrogens (tertiary/aromatic N) is 1. The molecule has 0 aromatic heterocycles. The van der Waals surface area contributed by atoms with E-state index in [1.807, 2.05) is 0 Å². The Morgan fingerprint density at radius 2 is 1.95 bits per heavy atom. The van der Waals surface area contributed by atoms with E-state index in [-0.39, 0.29) is 5.91 Å². The fraction of sp³-hybridized carbons (Fsp3) is 0.611. The Hall–Kier alpha value is -1.35. The predicted molar refractivity (Wildman–Crippen MR) is 87.2 cm³/mol. The molecule has 2 rings (SSSR count). The van der Waals surface area contributed by atoms with Crippen molar-refractivity contribution in [3.63, 3.8) is 0 Å². The Morgan fingerprint density at radius 1 is 1.24 bits per heavy atom. The average Bonchev–Trinajstić information content (AvgIpc) is 2.51. The largest absolute Gasteiger partial charge is 0.355 e. The maximum atomic E-state index is 11.8. The lowest BCUT2D eigenvalue weighted by Crippen LogP contribution is -2.42. The van der Waals surface area contributed by atoms with Crippen LogP contribution in [0.4, 0.5) is 0 Å². The van der Waals surface area contributed by atoms with E-state index in [1.54, 1.807) is 0 Å². The molecular formula is C18H28N2O. The highest BCUT2D eigenvalue weighted by atomic mass is 16.2. The number of unbranched alkanes of at least 4 members (excludes halogenated alkanes) is 1. The van der Waals surface area contributed by atoms with Crippen molar-refractivity contribution in [1.29, 1.82) is 0 Å². The van der Waals surface area contributed by atoms with Crippen LogP contribution in [-0.2, 0) is 11.2 Å². The molecule has 116 valence electrons. The van der Waals surface area contributed by atoms with E-state index in [0.29, 0.717) is 6.54 Å². The van der Waals surface area contributed by atoms with Crippen molar-refractivity contribution in [2.45, 2.75) is 39.0 Å². The molecule has 1 fully saturated rings. The molecule has 0 saturated carbocycles. The second-order valence-corrected chi connectivity index (χ2v) is 6.11. The molecule has 1 aliphatic heterocycles. The van der Waals surface area contributed by atoms with Gasteiger partial charge in [-0.1, -0.05) is 43.7 Å². The molecule has 0 unspecified atom stereocenters. The molecule has 3 nitrogen and oxygen atoms in total. The molecular weight excluding hydrogens is 260 g/mol. The second kappa shape index (κ2) is 8.83. The Balaban J connectivity index is 1.65. The smallest absolute Gasteiger partial charge is 0.234 e. The molecule has 1 heterocycles. The van der Waals surface area contributed by atoms with Crippen LogP contribution in [0.3, 0.4) is 0 Å². The van der Waals surface area contributed by atoms with Gasteiger partial charge < -0.3 is 5.32 Å². The van der Waals surface area contributed by atoms with Crippen molar-refractivity contribution in [2.75, 3.05) is 26.2 Å². The van der Waals surface area contributed by atoms with Crippen molar-refractivity contribution in [2.24, 2.45) is 5.92 Å². The molecule has 0 bridgehead atoms. The standard InChI is InChI=1S/C18H28N2O/c1-2-3-11-19-18(21)15-20-12-9-17(10-13-20)14-16-7-5-4-6-8-16/h4-8,17H,2-3,9-15H2,1H3,(H,19,21). The van der Waals surface area contributed by atoms with Gasteiger partial charge in [-0.25, -0.2) is 0 Å². The van der Waals surface area contributed by atoms with Crippen LogP contribution in [0.15, 0.2) is 30.3 Å². The number of likely N-dealkylation sites (tertiary alicyclic amines) is 1. The highest BCUT2D eigenvalue weighted by molar-refractivity contribution is 5.77. The lowest BCUT2D eigenvalue weighted by atomic mass is 9.90. The van der Waals surface area contributed by atoms with Gasteiger partial charge >= 0.3 is 0 Å². The molecule has 0 atom stereocenters. The first-order chi connectivity index (χ1) is 10.3. The van der Waals surface area contributed by atoms with Gasteiger partial charge in [0.1, 0.15) is 0 Å². The SMILES string of the molecule is CCCCNC(=O)CN1CCC(Cc2ccccc2)CC1. The topological polar surface area (TPSA) is 32.3 Å². The molecule has 1 amide bonds. The highest BCUT2D eigenvalue weighted by Crippen LogP contribution is 2.21. The molecule has 1 aromatic rings. The number of benzene rings is 1. The van der Waals surface area contributed by atoms with E-state index >= 15 is 0 Å². The van der Waals surface area contributed by atoms with E-state index < -0.39 is 0 Å². The maximum absolute atomic E-state index is 11.8. The molecule has 1 saturated heterocycles. The van der Waals surface area contributed by atoms with E-state index in [0.717, 1.165) is 38.4 Å². The number of rotatable bonds is 7. The predicted octanol–water partition coefficient (Wildman–Crippen LogP) is 2.86. The second-order valence-electron chi connectivity index (χ2n) is 6.11. The van der Waals surface area contributed by atoms with Gasteiger partial charge in [-0.2, -0.15) is 0 Å². The van der Waals surface area contributed by atoms with Crippen LogP contribution in [0, 0.1) is 5.92 Å². The van der Waals surface area contributed by atoms with Gasteiger partial charge in [-0.3, -0.25) is 9.69 Å². The molecule has 0 aliphatic carbocycles. The van der Waals surface area contributed by atoms with E-state index in [1.165, 1.54) is 24.8 Å². The number of carbonyl (C=O) groups is 1. The molecule has 21 heavy (non-hydrogen) atoms. The Labute approximate surface area is 128 Å². The zero-order valence-corrected chi connectivity index (χ0v) is 13.2. The number of amides is 1. The summed E-state index contributed by atoms with van der Waals surface area (Å²) in [4.78, 5) is 14.1. The normalized spacial score (nSPS) is 16.8. The zero-order valence-electron chi connectivity index (χ0n) is 13.2. The Morgan fingerprint density at radius 3 is 2.62 bits per heavy atom. The van der Waals surface area contributed by atoms with E-state index in [2.05, 4.69) is 47.5 Å². The van der Waals surface area contributed by atoms with Crippen LogP contribution in [-0.4, -0.2) is 37.0 Å². The summed E-state index contributed by atoms with van der Waals surface area (Å²) in [5.41, 5.74) is 1.44. The van der Waals surface area contributed by atoms with Crippen molar-refractivity contribution < 1.29 is 4.79 Å². The van der Waals surface area contributed by atoms with Crippen LogP contribution in [0.1, 0.15) is 38.2 Å². The summed E-state index contributed by atoms with van der Waals surface area (Å²) >= 11 is 0. The van der Waals surface area contributed by atoms with Gasteiger partial charge in [0.05, 0.1) is 6.54 Å². The van der Waals surface area contributed by atoms with Crippen LogP contribution in [0.25, 0.3) is 0 Å². The number of hydrogen-bond acceptors (Lipinski definition) is 2. The Bertz CT molecular complexity index is 410. The van der Waals surface area contributed by atoms with Crippen molar-refractivity contribution in [1.82, 2.24) is 10.2 Å². The zero-order chi connectivity index (χ0) is 14.9. The van der Waals surface area contributed by atoms with Gasteiger partial charge in [0.25, 0.3) is 0 Å². The molecule has 1 aliphatic rings. The van der Waals surface area contributed by atoms with Crippen molar-refractivity contribution in [3.8, 4) is 0 Å². The van der Waals surface area contributed by atoms with Crippen LogP contribution in [0.2, 0.25) is 0 Å². The Kier molecular flexibility index (Phi) is 6.74. The van der Waals surface area contributed by atoms with Gasteiger partial charge in [0.15, 0.2) is 0 Å². The van der Waals surface area contributed by atoms with Crippen molar-refractivity contribution in [3.05, 3.63) is 35.9 Å². The van der Waals surface area contributed by atoms with E-state index in [9.17, 15) is 4.79 Å². The molecule has 1 N–H and O–H groups in total. The molecule has 3 heteroatoms. The summed E-state index contributed by atoms with van der Waals surface area (Å²) in [5.74, 6) is 0.955. The minimum atomic E-state index is 0.185. The monoisotopic (exact) mass is 288 g/mol. The first kappa shape index (κ1) is 16.0. The summed E-state index contributed by atoms with van der Waals surface area (Å²) < 4.78 is 0. The number of nitrogens with one attached hydrogen (secondary N) is 1. The maximum Gasteiger partial charge on any atom is 0.234 e. The van der Waals surface area contributed by atoms with Gasteiger partial charge in [0.2, 0.25) is 5.91 Å². The summed E-state index contributed by atoms with van der Waals surface area (Å²) in [7, 11) is 0. The lowest BCUT2D eigenvalue weighted by molar-refractivity contribution is -0.122. The average molecular weight is 288 g/mol. The van der Waals surface area contributed by atoms with Crippen LogP contribution < -0.4 is 5.32 Å². The van der Waals surface area contributed by atoms with Gasteiger partial charge in [-0.15, -0.1) is 0 Å². The quantitative estimate of drug-likeness (QED) is 0.783. The molecule has 0 radical (unpaired) electrons. The molecule has 0 spiro atoms. The number of hydrogen-bond donors (Lipinski definition) is 1.